The molecular weight excluding hydrogens is 737 g/mol. The zero-order valence-electron chi connectivity index (χ0n) is 31.7. The number of thiophene rings is 1. The number of para-hydroxylation sites is 4. The molecule has 0 unspecified atom stereocenters. The number of hydrogen-bond acceptors (Lipinski definition) is 3. The standard InChI is InChI=1S/C54H32N4S/c1-2-15-37(16-3-1)57-46-22-10-7-17-38(46)42-29-35(25-27-48(42)57)36-26-28-49-43(30-36)39-18-8-11-23-47(39)58(49)54-55-45-21-9-6-19-40(45)53(56-54)41-20-12-24-50-52(41)44-31-33-13-4-5-14-34(33)32-51(44)59-50/h1-32H. The minimum Gasteiger partial charge on any atom is -0.309 e. The van der Waals surface area contributed by atoms with E-state index in [-0.39, 0.29) is 0 Å². The summed E-state index contributed by atoms with van der Waals surface area (Å²) in [6.07, 6.45) is 0. The molecule has 0 fully saturated rings. The predicted octanol–water partition coefficient (Wildman–Crippen LogP) is 14.7. The molecule has 4 aromatic heterocycles. The summed E-state index contributed by atoms with van der Waals surface area (Å²) in [5, 5.41) is 10.9. The maximum atomic E-state index is 5.54. The van der Waals surface area contributed by atoms with E-state index in [1.807, 2.05) is 11.3 Å². The molecule has 0 spiro atoms. The van der Waals surface area contributed by atoms with E-state index in [1.54, 1.807) is 0 Å². The lowest BCUT2D eigenvalue weighted by Crippen LogP contribution is -2.03. The van der Waals surface area contributed by atoms with Crippen LogP contribution in [0.15, 0.2) is 194 Å². The summed E-state index contributed by atoms with van der Waals surface area (Å²) in [5.41, 5.74) is 11.0. The van der Waals surface area contributed by atoms with Gasteiger partial charge < -0.3 is 4.57 Å². The summed E-state index contributed by atoms with van der Waals surface area (Å²) in [4.78, 5) is 10.8. The largest absolute Gasteiger partial charge is 0.309 e. The maximum Gasteiger partial charge on any atom is 0.235 e. The number of fused-ring (bicyclic) bond motifs is 11. The van der Waals surface area contributed by atoms with Crippen LogP contribution in [0.5, 0.6) is 0 Å². The van der Waals surface area contributed by atoms with E-state index in [0.29, 0.717) is 5.95 Å². The van der Waals surface area contributed by atoms with Crippen LogP contribution < -0.4 is 0 Å². The lowest BCUT2D eigenvalue weighted by Gasteiger charge is -2.13. The average molecular weight is 769 g/mol. The van der Waals surface area contributed by atoms with Gasteiger partial charge in [0.15, 0.2) is 0 Å². The number of benzene rings is 9. The fourth-order valence-electron chi connectivity index (χ4n) is 9.45. The molecule has 0 aliphatic carbocycles. The highest BCUT2D eigenvalue weighted by atomic mass is 32.1. The predicted molar refractivity (Wildman–Crippen MR) is 249 cm³/mol. The fourth-order valence-corrected chi connectivity index (χ4v) is 10.6. The van der Waals surface area contributed by atoms with Crippen molar-refractivity contribution >= 4 is 96.8 Å². The molecule has 4 nitrogen and oxygen atoms in total. The van der Waals surface area contributed by atoms with Gasteiger partial charge in [0, 0.05) is 58.4 Å². The molecule has 0 aliphatic rings. The molecule has 0 atom stereocenters. The molecule has 0 N–H and O–H groups in total. The number of aromatic nitrogens is 4. The summed E-state index contributed by atoms with van der Waals surface area (Å²) >= 11 is 1.85. The molecule has 274 valence electrons. The first-order valence-corrected chi connectivity index (χ1v) is 20.8. The van der Waals surface area contributed by atoms with E-state index in [1.165, 1.54) is 74.6 Å². The van der Waals surface area contributed by atoms with E-state index in [0.717, 1.165) is 38.9 Å². The third-order valence-corrected chi connectivity index (χ3v) is 13.2. The quantitative estimate of drug-likeness (QED) is 0.179. The van der Waals surface area contributed by atoms with Gasteiger partial charge in [0.25, 0.3) is 0 Å². The molecule has 0 aliphatic heterocycles. The molecule has 0 saturated carbocycles. The Balaban J connectivity index is 1.02. The second-order valence-corrected chi connectivity index (χ2v) is 16.5. The Morgan fingerprint density at radius 1 is 0.373 bits per heavy atom. The molecule has 0 bridgehead atoms. The Labute approximate surface area is 342 Å². The second-order valence-electron chi connectivity index (χ2n) is 15.4. The van der Waals surface area contributed by atoms with Gasteiger partial charge in [0.1, 0.15) is 0 Å². The molecule has 0 amide bonds. The van der Waals surface area contributed by atoms with Crippen molar-refractivity contribution < 1.29 is 0 Å². The van der Waals surface area contributed by atoms with Crippen LogP contribution in [0.2, 0.25) is 0 Å². The molecule has 4 heterocycles. The van der Waals surface area contributed by atoms with E-state index < -0.39 is 0 Å². The van der Waals surface area contributed by atoms with Crippen molar-refractivity contribution in [2.45, 2.75) is 0 Å². The summed E-state index contributed by atoms with van der Waals surface area (Å²) in [5.74, 6) is 0.662. The van der Waals surface area contributed by atoms with Gasteiger partial charge in [-0.15, -0.1) is 11.3 Å². The van der Waals surface area contributed by atoms with Gasteiger partial charge in [0.2, 0.25) is 5.95 Å². The molecule has 13 aromatic rings. The minimum atomic E-state index is 0.662. The van der Waals surface area contributed by atoms with Crippen LogP contribution in [-0.2, 0) is 0 Å². The van der Waals surface area contributed by atoms with Gasteiger partial charge >= 0.3 is 0 Å². The van der Waals surface area contributed by atoms with E-state index >= 15 is 0 Å². The first-order valence-electron chi connectivity index (χ1n) is 20.0. The third kappa shape index (κ3) is 4.83. The van der Waals surface area contributed by atoms with Gasteiger partial charge in [-0.3, -0.25) is 4.57 Å². The molecule has 9 aromatic carbocycles. The summed E-state index contributed by atoms with van der Waals surface area (Å²) in [6.45, 7) is 0. The van der Waals surface area contributed by atoms with E-state index in [4.69, 9.17) is 9.97 Å². The highest BCUT2D eigenvalue weighted by Crippen LogP contribution is 2.44. The molecular formula is C54H32N4S. The topological polar surface area (TPSA) is 35.6 Å². The molecule has 0 saturated heterocycles. The molecule has 13 rings (SSSR count). The fraction of sp³-hybridized carbons (Fsp3) is 0. The Kier molecular flexibility index (Phi) is 6.85. The Morgan fingerprint density at radius 3 is 1.71 bits per heavy atom. The van der Waals surface area contributed by atoms with Gasteiger partial charge in [-0.05, 0) is 94.7 Å². The highest BCUT2D eigenvalue weighted by molar-refractivity contribution is 7.26. The third-order valence-electron chi connectivity index (χ3n) is 12.1. The highest BCUT2D eigenvalue weighted by Gasteiger charge is 2.21. The zero-order valence-corrected chi connectivity index (χ0v) is 32.5. The zero-order chi connectivity index (χ0) is 38.6. The van der Waals surface area contributed by atoms with Crippen molar-refractivity contribution in [3.8, 4) is 34.0 Å². The molecule has 0 radical (unpaired) electrons. The van der Waals surface area contributed by atoms with Crippen LogP contribution >= 0.6 is 11.3 Å². The van der Waals surface area contributed by atoms with Crippen LogP contribution in [0.1, 0.15) is 0 Å². The average Bonchev–Trinajstić information content (AvgIpc) is 3.95. The monoisotopic (exact) mass is 768 g/mol. The van der Waals surface area contributed by atoms with Crippen molar-refractivity contribution in [1.82, 2.24) is 19.1 Å². The van der Waals surface area contributed by atoms with Gasteiger partial charge in [-0.2, -0.15) is 0 Å². The Hall–Kier alpha value is -7.60. The summed E-state index contributed by atoms with van der Waals surface area (Å²) in [7, 11) is 0. The lowest BCUT2D eigenvalue weighted by atomic mass is 9.99. The van der Waals surface area contributed by atoms with Gasteiger partial charge in [0.05, 0.1) is 33.3 Å². The van der Waals surface area contributed by atoms with Crippen molar-refractivity contribution in [3.63, 3.8) is 0 Å². The van der Waals surface area contributed by atoms with Crippen LogP contribution in [-0.4, -0.2) is 19.1 Å². The number of nitrogens with zero attached hydrogens (tertiary/aromatic N) is 4. The second kappa shape index (κ2) is 12.4. The van der Waals surface area contributed by atoms with Gasteiger partial charge in [-0.25, -0.2) is 9.97 Å². The Morgan fingerprint density at radius 2 is 0.966 bits per heavy atom. The first-order chi connectivity index (χ1) is 29.2. The van der Waals surface area contributed by atoms with Crippen LogP contribution in [0.25, 0.3) is 119 Å². The SMILES string of the molecule is c1ccc(-n2c3ccccc3c3cc(-c4ccc5c(c4)c4ccccc4n5-c4nc(-c5cccc6sc7cc8ccccc8cc7c56)c5ccccc5n4)ccc32)cc1. The van der Waals surface area contributed by atoms with E-state index in [9.17, 15) is 0 Å². The smallest absolute Gasteiger partial charge is 0.235 e. The van der Waals surface area contributed by atoms with Crippen LogP contribution in [0.3, 0.4) is 0 Å². The van der Waals surface area contributed by atoms with Crippen molar-refractivity contribution in [2.75, 3.05) is 0 Å². The van der Waals surface area contributed by atoms with Crippen LogP contribution in [0, 0.1) is 0 Å². The number of hydrogen-bond donors (Lipinski definition) is 0. The minimum absolute atomic E-state index is 0.662. The van der Waals surface area contributed by atoms with Crippen molar-refractivity contribution in [2.24, 2.45) is 0 Å². The lowest BCUT2D eigenvalue weighted by molar-refractivity contribution is 1.01. The van der Waals surface area contributed by atoms with Crippen molar-refractivity contribution in [3.05, 3.63) is 194 Å². The van der Waals surface area contributed by atoms with Crippen molar-refractivity contribution in [1.29, 1.82) is 0 Å². The molecule has 5 heteroatoms. The van der Waals surface area contributed by atoms with Gasteiger partial charge in [-0.1, -0.05) is 121 Å². The van der Waals surface area contributed by atoms with Crippen LogP contribution in [0.4, 0.5) is 0 Å². The molecule has 59 heavy (non-hydrogen) atoms. The maximum absolute atomic E-state index is 5.54. The Bertz CT molecular complexity index is 3850. The number of rotatable bonds is 4. The summed E-state index contributed by atoms with van der Waals surface area (Å²) < 4.78 is 7.15. The normalized spacial score (nSPS) is 12.1. The van der Waals surface area contributed by atoms with E-state index in [2.05, 4.69) is 203 Å². The first kappa shape index (κ1) is 32.5. The summed E-state index contributed by atoms with van der Waals surface area (Å²) in [6, 6.07) is 70.1.